The summed E-state index contributed by atoms with van der Waals surface area (Å²) in [5, 5.41) is 10.9. The summed E-state index contributed by atoms with van der Waals surface area (Å²) in [7, 11) is 0. The highest BCUT2D eigenvalue weighted by atomic mass is 16.6. The molecule has 11 atom stereocenters. The van der Waals surface area contributed by atoms with Gasteiger partial charge in [-0.25, -0.2) is 4.79 Å². The van der Waals surface area contributed by atoms with Crippen LogP contribution in [0.4, 0.5) is 0 Å². The average Bonchev–Trinajstić information content (AvgIpc) is 3.52. The number of hydrogen-bond acceptors (Lipinski definition) is 7. The van der Waals surface area contributed by atoms with E-state index in [0.29, 0.717) is 29.7 Å². The molecule has 0 aromatic carbocycles. The number of epoxide rings is 1. The summed E-state index contributed by atoms with van der Waals surface area (Å²) in [5.74, 6) is 0.912. The van der Waals surface area contributed by atoms with E-state index in [9.17, 15) is 19.5 Å². The second-order valence-electron chi connectivity index (χ2n) is 14.1. The number of aliphatic hydroxyl groups excluding tert-OH is 1. The number of esters is 2. The van der Waals surface area contributed by atoms with Gasteiger partial charge in [-0.2, -0.15) is 0 Å². The summed E-state index contributed by atoms with van der Waals surface area (Å²) in [6.45, 7) is 12.2. The first-order chi connectivity index (χ1) is 18.4. The monoisotopic (exact) mass is 540 g/mol. The smallest absolute Gasteiger partial charge is 0.337 e. The van der Waals surface area contributed by atoms with Gasteiger partial charge in [-0.15, -0.1) is 0 Å². The van der Waals surface area contributed by atoms with Crippen LogP contribution in [0.1, 0.15) is 80.1 Å². The zero-order valence-electron chi connectivity index (χ0n) is 24.2. The van der Waals surface area contributed by atoms with Gasteiger partial charge in [-0.3, -0.25) is 9.59 Å². The fourth-order valence-electron chi connectivity index (χ4n) is 9.99. The fraction of sp³-hybridized carbons (Fsp3) is 0.781. The Hall–Kier alpha value is -1.99. The molecule has 0 aromatic rings. The largest absolute Gasteiger partial charge is 0.460 e. The minimum Gasteiger partial charge on any atom is -0.460 e. The van der Waals surface area contributed by atoms with Gasteiger partial charge in [-0.05, 0) is 93.1 Å². The van der Waals surface area contributed by atoms with Gasteiger partial charge < -0.3 is 19.3 Å². The number of rotatable bonds is 5. The Kier molecular flexibility index (Phi) is 6.28. The van der Waals surface area contributed by atoms with Gasteiger partial charge in [0.15, 0.2) is 5.78 Å². The van der Waals surface area contributed by atoms with Crippen LogP contribution >= 0.6 is 0 Å². The molecule has 0 aromatic heterocycles. The van der Waals surface area contributed by atoms with E-state index in [0.717, 1.165) is 37.7 Å². The molecular formula is C32H44O7. The molecule has 3 saturated carbocycles. The highest BCUT2D eigenvalue weighted by molar-refractivity contribution is 5.98. The normalized spacial score (nSPS) is 47.1. The number of fused-ring (bicyclic) bond motifs is 4. The molecule has 0 amide bonds. The molecule has 1 saturated heterocycles. The van der Waals surface area contributed by atoms with Crippen LogP contribution in [0.3, 0.4) is 0 Å². The van der Waals surface area contributed by atoms with Crippen molar-refractivity contribution in [2.24, 2.45) is 46.3 Å². The van der Waals surface area contributed by atoms with Gasteiger partial charge >= 0.3 is 11.9 Å². The molecule has 0 bridgehead atoms. The molecule has 7 nitrogen and oxygen atoms in total. The maximum Gasteiger partial charge on any atom is 0.337 e. The molecule has 1 unspecified atom stereocenters. The van der Waals surface area contributed by atoms with E-state index in [1.807, 2.05) is 6.92 Å². The van der Waals surface area contributed by atoms with E-state index in [-0.39, 0.29) is 59.7 Å². The van der Waals surface area contributed by atoms with E-state index in [2.05, 4.69) is 20.8 Å². The first-order valence-corrected chi connectivity index (χ1v) is 15.0. The third-order valence-corrected chi connectivity index (χ3v) is 12.3. The summed E-state index contributed by atoms with van der Waals surface area (Å²) in [4.78, 5) is 38.3. The van der Waals surface area contributed by atoms with Gasteiger partial charge in [0.25, 0.3) is 0 Å². The highest BCUT2D eigenvalue weighted by Crippen LogP contribution is 2.73. The van der Waals surface area contributed by atoms with E-state index in [1.54, 1.807) is 26.0 Å². The van der Waals surface area contributed by atoms with E-state index in [1.165, 1.54) is 0 Å². The maximum atomic E-state index is 13.4. The third kappa shape index (κ3) is 3.64. The van der Waals surface area contributed by atoms with Crippen molar-refractivity contribution < 1.29 is 33.7 Å². The van der Waals surface area contributed by atoms with Crippen molar-refractivity contribution in [3.8, 4) is 0 Å². The lowest BCUT2D eigenvalue weighted by molar-refractivity contribution is -0.156. The quantitative estimate of drug-likeness (QED) is 0.403. The minimum absolute atomic E-state index is 0.0266. The van der Waals surface area contributed by atoms with Crippen molar-refractivity contribution in [2.75, 3.05) is 6.61 Å². The van der Waals surface area contributed by atoms with Crippen molar-refractivity contribution in [2.45, 2.75) is 104 Å². The maximum absolute atomic E-state index is 13.4. The van der Waals surface area contributed by atoms with Crippen molar-refractivity contribution in [1.82, 2.24) is 0 Å². The number of ether oxygens (including phenoxy) is 3. The molecule has 39 heavy (non-hydrogen) atoms. The van der Waals surface area contributed by atoms with Gasteiger partial charge in [0.05, 0.1) is 23.0 Å². The second kappa shape index (κ2) is 9.01. The van der Waals surface area contributed by atoms with Crippen LogP contribution < -0.4 is 0 Å². The summed E-state index contributed by atoms with van der Waals surface area (Å²) in [6, 6.07) is 0. The van der Waals surface area contributed by atoms with Crippen LogP contribution in [0.15, 0.2) is 23.3 Å². The van der Waals surface area contributed by atoms with Gasteiger partial charge in [0.2, 0.25) is 0 Å². The van der Waals surface area contributed by atoms with Crippen LogP contribution in [-0.2, 0) is 28.6 Å². The van der Waals surface area contributed by atoms with Crippen LogP contribution in [0.25, 0.3) is 0 Å². The standard InChI is InChI=1S/C32H44O7/c1-16(2)28(35)37-15-20-17(3)13-24(38-29(20)36)18(4)21-7-8-22-19-14-27-32(39-27)26(34)10-9-25(33)31(32,6)23(19)11-12-30(21,22)5/h9-10,16,18-19,21-24,26-27,34H,7-8,11-15H2,1-6H3/t18-,19?,21+,22-,23-,24+,26-,27+,30+,31-,32+/m0/s1. The fourth-order valence-corrected chi connectivity index (χ4v) is 9.99. The van der Waals surface area contributed by atoms with Crippen molar-refractivity contribution in [3.05, 3.63) is 23.3 Å². The molecule has 214 valence electrons. The molecule has 2 aliphatic heterocycles. The number of ketones is 1. The lowest BCUT2D eigenvalue weighted by Crippen LogP contribution is -2.63. The highest BCUT2D eigenvalue weighted by Gasteiger charge is 2.80. The topological polar surface area (TPSA) is 102 Å². The number of hydrogen-bond donors (Lipinski definition) is 1. The van der Waals surface area contributed by atoms with Crippen LogP contribution in [-0.4, -0.2) is 53.3 Å². The molecule has 2 heterocycles. The summed E-state index contributed by atoms with van der Waals surface area (Å²) in [6.07, 6.45) is 8.03. The number of aliphatic hydroxyl groups is 1. The molecular weight excluding hydrogens is 496 g/mol. The van der Waals surface area contributed by atoms with Crippen molar-refractivity contribution in [1.29, 1.82) is 0 Å². The Morgan fingerprint density at radius 1 is 1.15 bits per heavy atom. The molecule has 1 N–H and O–H groups in total. The van der Waals surface area contributed by atoms with Crippen molar-refractivity contribution >= 4 is 17.7 Å². The Morgan fingerprint density at radius 3 is 2.59 bits per heavy atom. The summed E-state index contributed by atoms with van der Waals surface area (Å²) in [5.41, 5.74) is 0.124. The number of carbonyl (C=O) groups is 3. The van der Waals surface area contributed by atoms with Gasteiger partial charge in [-0.1, -0.05) is 33.3 Å². The molecule has 0 radical (unpaired) electrons. The second-order valence-corrected chi connectivity index (χ2v) is 14.1. The number of allylic oxidation sites excluding steroid dienone is 1. The Bertz CT molecular complexity index is 1150. The predicted octanol–water partition coefficient (Wildman–Crippen LogP) is 4.56. The van der Waals surface area contributed by atoms with Gasteiger partial charge in [0, 0.05) is 6.42 Å². The van der Waals surface area contributed by atoms with E-state index in [4.69, 9.17) is 14.2 Å². The Balaban J connectivity index is 1.19. The molecule has 6 rings (SSSR count). The van der Waals surface area contributed by atoms with Crippen LogP contribution in [0.2, 0.25) is 0 Å². The molecule has 6 aliphatic rings. The molecule has 4 aliphatic carbocycles. The van der Waals surface area contributed by atoms with Crippen molar-refractivity contribution in [3.63, 3.8) is 0 Å². The number of carbonyl (C=O) groups excluding carboxylic acids is 3. The van der Waals surface area contributed by atoms with E-state index < -0.39 is 17.1 Å². The lowest BCUT2D eigenvalue weighted by Gasteiger charge is -2.58. The Labute approximate surface area is 231 Å². The van der Waals surface area contributed by atoms with Gasteiger partial charge in [0.1, 0.15) is 24.4 Å². The predicted molar refractivity (Wildman–Crippen MR) is 143 cm³/mol. The SMILES string of the molecule is CC1=C(COC(=O)C(C)C)C(=O)O[C@@H]([C@@H](C)[C@H]2CC[C@H]3C4C[C@H]5O[C@]56[C@@H](O)C=CC(=O)[C@]6(C)[C@H]4CC[C@]23C)C1. The zero-order chi connectivity index (χ0) is 28.1. The van der Waals surface area contributed by atoms with Crippen LogP contribution in [0.5, 0.6) is 0 Å². The Morgan fingerprint density at radius 2 is 1.90 bits per heavy atom. The zero-order valence-corrected chi connectivity index (χ0v) is 24.2. The molecule has 4 fully saturated rings. The molecule has 7 heteroatoms. The average molecular weight is 541 g/mol. The first kappa shape index (κ1) is 27.2. The third-order valence-electron chi connectivity index (χ3n) is 12.3. The first-order valence-electron chi connectivity index (χ1n) is 15.0. The van der Waals surface area contributed by atoms with Crippen LogP contribution in [0, 0.1) is 46.3 Å². The molecule has 1 spiro atoms. The summed E-state index contributed by atoms with van der Waals surface area (Å²) < 4.78 is 17.6. The lowest BCUT2D eigenvalue weighted by atomic mass is 9.44. The minimum atomic E-state index is -0.736. The van der Waals surface area contributed by atoms with E-state index >= 15 is 0 Å². The number of cyclic esters (lactones) is 1. The summed E-state index contributed by atoms with van der Waals surface area (Å²) >= 11 is 0.